The first-order valence-electron chi connectivity index (χ1n) is 7.59. The van der Waals surface area contributed by atoms with Crippen molar-refractivity contribution in [1.29, 1.82) is 0 Å². The summed E-state index contributed by atoms with van der Waals surface area (Å²) in [6.45, 7) is 0.447. The molecular weight excluding hydrogens is 421 g/mol. The van der Waals surface area contributed by atoms with Crippen LogP contribution in [0.15, 0.2) is 36.4 Å². The number of hydrogen-bond donors (Lipinski definition) is 2. The number of benzene rings is 2. The second-order valence-electron chi connectivity index (χ2n) is 5.61. The van der Waals surface area contributed by atoms with Crippen molar-refractivity contribution >= 4 is 62.1 Å². The summed E-state index contributed by atoms with van der Waals surface area (Å²) < 4.78 is 25.2. The fraction of sp³-hybridized carbons (Fsp3) is 0.188. The van der Waals surface area contributed by atoms with E-state index in [4.69, 9.17) is 34.8 Å². The number of hydrazine groups is 1. The van der Waals surface area contributed by atoms with Gasteiger partial charge in [-0.05, 0) is 42.8 Å². The summed E-state index contributed by atoms with van der Waals surface area (Å²) in [6, 6.07) is 9.28. The zero-order valence-electron chi connectivity index (χ0n) is 13.3. The average molecular weight is 435 g/mol. The molecule has 6 nitrogen and oxygen atoms in total. The van der Waals surface area contributed by atoms with E-state index in [1.807, 2.05) is 0 Å². The van der Waals surface area contributed by atoms with Crippen molar-refractivity contribution < 1.29 is 13.2 Å². The van der Waals surface area contributed by atoms with Gasteiger partial charge in [0, 0.05) is 17.1 Å². The molecular formula is C16H14Cl3N3O3S. The van der Waals surface area contributed by atoms with Crippen LogP contribution in [0.2, 0.25) is 15.1 Å². The van der Waals surface area contributed by atoms with Crippen molar-refractivity contribution in [3.63, 3.8) is 0 Å². The van der Waals surface area contributed by atoms with Gasteiger partial charge >= 0.3 is 0 Å². The van der Waals surface area contributed by atoms with E-state index in [1.165, 1.54) is 16.4 Å². The van der Waals surface area contributed by atoms with E-state index in [-0.39, 0.29) is 15.8 Å². The normalized spacial score (nSPS) is 15.7. The van der Waals surface area contributed by atoms with Crippen LogP contribution >= 0.6 is 34.8 Å². The zero-order valence-corrected chi connectivity index (χ0v) is 16.4. The van der Waals surface area contributed by atoms with E-state index >= 15 is 0 Å². The van der Waals surface area contributed by atoms with Crippen LogP contribution in [0.1, 0.15) is 16.8 Å². The van der Waals surface area contributed by atoms with Gasteiger partial charge in [0.25, 0.3) is 5.91 Å². The largest absolute Gasteiger partial charge is 0.295 e. The molecule has 0 spiro atoms. The third-order valence-electron chi connectivity index (χ3n) is 3.82. The van der Waals surface area contributed by atoms with Gasteiger partial charge in [-0.2, -0.15) is 0 Å². The van der Waals surface area contributed by atoms with Gasteiger partial charge in [-0.15, -0.1) is 0 Å². The first-order valence-corrected chi connectivity index (χ1v) is 10.3. The Morgan fingerprint density at radius 1 is 1.04 bits per heavy atom. The molecule has 3 rings (SSSR count). The summed E-state index contributed by atoms with van der Waals surface area (Å²) in [5.41, 5.74) is 6.36. The quantitative estimate of drug-likeness (QED) is 0.714. The van der Waals surface area contributed by atoms with Crippen molar-refractivity contribution in [1.82, 2.24) is 5.43 Å². The molecule has 0 bridgehead atoms. The molecule has 1 aliphatic rings. The van der Waals surface area contributed by atoms with Crippen LogP contribution in [0, 0.1) is 0 Å². The van der Waals surface area contributed by atoms with Crippen molar-refractivity contribution in [3.05, 3.63) is 57.0 Å². The third kappa shape index (κ3) is 4.01. The lowest BCUT2D eigenvalue weighted by molar-refractivity contribution is 0.0962. The molecule has 1 heterocycles. The third-order valence-corrected chi connectivity index (χ3v) is 6.51. The molecule has 0 aliphatic carbocycles. The number of halogens is 3. The Morgan fingerprint density at radius 3 is 2.19 bits per heavy atom. The van der Waals surface area contributed by atoms with Gasteiger partial charge < -0.3 is 0 Å². The van der Waals surface area contributed by atoms with Crippen LogP contribution in [0.5, 0.6) is 0 Å². The highest BCUT2D eigenvalue weighted by molar-refractivity contribution is 7.93. The summed E-state index contributed by atoms with van der Waals surface area (Å²) >= 11 is 17.9. The number of rotatable bonds is 4. The van der Waals surface area contributed by atoms with Gasteiger partial charge in [0.1, 0.15) is 0 Å². The van der Waals surface area contributed by atoms with Gasteiger partial charge in [-0.25, -0.2) is 8.42 Å². The Balaban J connectivity index is 1.69. The highest BCUT2D eigenvalue weighted by Crippen LogP contribution is 2.33. The van der Waals surface area contributed by atoms with E-state index in [9.17, 15) is 13.2 Å². The van der Waals surface area contributed by atoms with E-state index in [1.54, 1.807) is 24.3 Å². The molecule has 138 valence electrons. The maximum Gasteiger partial charge on any atom is 0.269 e. The molecule has 2 aromatic rings. The minimum Gasteiger partial charge on any atom is -0.295 e. The highest BCUT2D eigenvalue weighted by atomic mass is 35.5. The number of nitrogens with one attached hydrogen (secondary N) is 2. The zero-order chi connectivity index (χ0) is 18.9. The van der Waals surface area contributed by atoms with Gasteiger partial charge in [0.15, 0.2) is 0 Å². The molecule has 2 N–H and O–H groups in total. The fourth-order valence-electron chi connectivity index (χ4n) is 2.56. The Labute approximate surface area is 166 Å². The highest BCUT2D eigenvalue weighted by Gasteiger charge is 2.28. The first kappa shape index (κ1) is 19.1. The van der Waals surface area contributed by atoms with Gasteiger partial charge in [0.05, 0.1) is 27.2 Å². The van der Waals surface area contributed by atoms with E-state index < -0.39 is 15.9 Å². The first-order chi connectivity index (χ1) is 12.3. The predicted octanol–water partition coefficient (Wildman–Crippen LogP) is 3.94. The summed E-state index contributed by atoms with van der Waals surface area (Å²) in [5.74, 6) is -0.287. The number of anilines is 2. The van der Waals surface area contributed by atoms with Crippen LogP contribution in [-0.2, 0) is 10.0 Å². The maximum absolute atomic E-state index is 12.2. The lowest BCUT2D eigenvalue weighted by Gasteiger charge is -2.17. The van der Waals surface area contributed by atoms with Crippen molar-refractivity contribution in [2.45, 2.75) is 6.42 Å². The number of sulfonamides is 1. The maximum atomic E-state index is 12.2. The number of hydrogen-bond acceptors (Lipinski definition) is 4. The molecule has 0 radical (unpaired) electrons. The Hall–Kier alpha value is -1.67. The predicted molar refractivity (Wildman–Crippen MR) is 105 cm³/mol. The number of amides is 1. The van der Waals surface area contributed by atoms with Crippen molar-refractivity contribution in [3.8, 4) is 0 Å². The molecule has 0 atom stereocenters. The van der Waals surface area contributed by atoms with Crippen LogP contribution < -0.4 is 15.2 Å². The topological polar surface area (TPSA) is 78.5 Å². The van der Waals surface area contributed by atoms with Crippen LogP contribution in [-0.4, -0.2) is 26.6 Å². The number of carbonyl (C=O) groups is 1. The van der Waals surface area contributed by atoms with Crippen molar-refractivity contribution in [2.75, 3.05) is 22.0 Å². The molecule has 1 aliphatic heterocycles. The number of carbonyl (C=O) groups excluding carboxylic acids is 1. The molecule has 10 heteroatoms. The van der Waals surface area contributed by atoms with Gasteiger partial charge in [0.2, 0.25) is 10.0 Å². The van der Waals surface area contributed by atoms with Gasteiger partial charge in [-0.3, -0.25) is 20.0 Å². The molecule has 0 saturated carbocycles. The monoisotopic (exact) mass is 433 g/mol. The van der Waals surface area contributed by atoms with Crippen molar-refractivity contribution in [2.24, 2.45) is 0 Å². The van der Waals surface area contributed by atoms with Crippen LogP contribution in [0.25, 0.3) is 0 Å². The summed E-state index contributed by atoms with van der Waals surface area (Å²) in [6.07, 6.45) is 0.594. The second kappa shape index (κ2) is 7.52. The molecule has 1 fully saturated rings. The second-order valence-corrected chi connectivity index (χ2v) is 8.88. The standard InChI is InChI=1S/C16H14Cl3N3O3S/c17-11-8-13(18)15(14(19)9-11)20-21-16(23)10-2-4-12(5-3-10)22-6-1-7-26(22,24)25/h2-5,8-9,20H,1,6-7H2,(H,21,23). The molecule has 0 aromatic heterocycles. The Morgan fingerprint density at radius 2 is 1.65 bits per heavy atom. The molecule has 26 heavy (non-hydrogen) atoms. The minimum absolute atomic E-state index is 0.141. The Bertz CT molecular complexity index is 926. The van der Waals surface area contributed by atoms with E-state index in [2.05, 4.69) is 10.9 Å². The van der Waals surface area contributed by atoms with Crippen LogP contribution in [0.3, 0.4) is 0 Å². The molecule has 2 aromatic carbocycles. The van der Waals surface area contributed by atoms with E-state index in [0.29, 0.717) is 34.9 Å². The lowest BCUT2D eigenvalue weighted by Crippen LogP contribution is -2.30. The SMILES string of the molecule is O=C(NNc1c(Cl)cc(Cl)cc1Cl)c1ccc(N2CCCS2(=O)=O)cc1. The fourth-order valence-corrected chi connectivity index (χ4v) is 5.04. The molecule has 1 saturated heterocycles. The summed E-state index contributed by atoms with van der Waals surface area (Å²) in [7, 11) is -3.25. The summed E-state index contributed by atoms with van der Waals surface area (Å²) in [5, 5.41) is 0.902. The Kier molecular flexibility index (Phi) is 5.53. The molecule has 1 amide bonds. The summed E-state index contributed by atoms with van der Waals surface area (Å²) in [4.78, 5) is 12.2. The lowest BCUT2D eigenvalue weighted by atomic mass is 10.2. The number of nitrogens with zero attached hydrogens (tertiary/aromatic N) is 1. The van der Waals surface area contributed by atoms with Gasteiger partial charge in [-0.1, -0.05) is 34.8 Å². The van der Waals surface area contributed by atoms with E-state index in [0.717, 1.165) is 0 Å². The molecule has 0 unspecified atom stereocenters. The average Bonchev–Trinajstić information content (AvgIpc) is 2.93. The minimum atomic E-state index is -3.25. The van der Waals surface area contributed by atoms with Crippen LogP contribution in [0.4, 0.5) is 11.4 Å². The smallest absolute Gasteiger partial charge is 0.269 e.